The molecule has 0 radical (unpaired) electrons. The quantitative estimate of drug-likeness (QED) is 0.440. The van der Waals surface area contributed by atoms with Crippen molar-refractivity contribution >= 4 is 17.5 Å². The Morgan fingerprint density at radius 1 is 1.16 bits per heavy atom. The lowest BCUT2D eigenvalue weighted by molar-refractivity contribution is -0.148. The van der Waals surface area contributed by atoms with Crippen molar-refractivity contribution < 1.29 is 40.7 Å². The van der Waals surface area contributed by atoms with E-state index in [0.29, 0.717) is 4.90 Å². The molecule has 0 saturated heterocycles. The van der Waals surface area contributed by atoms with Crippen molar-refractivity contribution in [3.8, 4) is 11.9 Å². The van der Waals surface area contributed by atoms with E-state index in [1.807, 2.05) is 0 Å². The van der Waals surface area contributed by atoms with Gasteiger partial charge in [0.1, 0.15) is 18.4 Å². The van der Waals surface area contributed by atoms with E-state index in [0.717, 1.165) is 36.5 Å². The highest BCUT2D eigenvalue weighted by Crippen LogP contribution is 2.44. The van der Waals surface area contributed by atoms with E-state index in [1.54, 1.807) is 6.07 Å². The van der Waals surface area contributed by atoms with Crippen LogP contribution in [0.4, 0.5) is 32.0 Å². The first kappa shape index (κ1) is 26.5. The van der Waals surface area contributed by atoms with E-state index in [4.69, 9.17) is 5.26 Å². The second-order valence-electron chi connectivity index (χ2n) is 8.16. The summed E-state index contributed by atoms with van der Waals surface area (Å²) in [6.07, 6.45) is -3.91. The lowest BCUT2D eigenvalue weighted by atomic mass is 9.79. The highest BCUT2D eigenvalue weighted by atomic mass is 19.4. The highest BCUT2D eigenvalue weighted by molar-refractivity contribution is 6.04. The largest absolute Gasteiger partial charge is 0.417 e. The third-order valence-electron chi connectivity index (χ3n) is 5.74. The number of benzene rings is 2. The molecule has 4 rings (SSSR count). The zero-order valence-corrected chi connectivity index (χ0v) is 19.0. The van der Waals surface area contributed by atoms with Gasteiger partial charge in [-0.15, -0.1) is 0 Å². The van der Waals surface area contributed by atoms with E-state index >= 15 is 0 Å². The number of hydrogen-bond donors (Lipinski definition) is 1. The maximum absolute atomic E-state index is 13.8. The van der Waals surface area contributed by atoms with Crippen molar-refractivity contribution in [3.63, 3.8) is 0 Å². The van der Waals surface area contributed by atoms with Crippen molar-refractivity contribution in [2.75, 3.05) is 11.9 Å². The molecule has 0 aliphatic carbocycles. The van der Waals surface area contributed by atoms with Gasteiger partial charge < -0.3 is 15.0 Å². The van der Waals surface area contributed by atoms with Gasteiger partial charge in [-0.2, -0.15) is 27.2 Å². The molecular weight excluding hydrogens is 518 g/mol. The smallest absolute Gasteiger partial charge is 0.406 e. The Morgan fingerprint density at radius 3 is 2.53 bits per heavy atom. The van der Waals surface area contributed by atoms with Crippen LogP contribution >= 0.6 is 0 Å². The second kappa shape index (κ2) is 10.4. The van der Waals surface area contributed by atoms with Crippen LogP contribution in [-0.4, -0.2) is 41.0 Å². The van der Waals surface area contributed by atoms with Crippen LogP contribution in [0.1, 0.15) is 39.0 Å². The molecule has 13 heteroatoms. The summed E-state index contributed by atoms with van der Waals surface area (Å²) < 4.78 is 83.9. The summed E-state index contributed by atoms with van der Waals surface area (Å²) in [6, 6.07) is 10.9. The zero-order valence-electron chi connectivity index (χ0n) is 19.0. The number of fused-ring (bicyclic) bond motifs is 1. The van der Waals surface area contributed by atoms with E-state index in [2.05, 4.69) is 15.0 Å². The van der Waals surface area contributed by atoms with Gasteiger partial charge >= 0.3 is 12.8 Å². The minimum Gasteiger partial charge on any atom is -0.417 e. The Hall–Kier alpha value is -4.60. The van der Waals surface area contributed by atoms with Crippen LogP contribution in [-0.2, 0) is 4.79 Å². The minimum absolute atomic E-state index is 0.0118. The molecule has 1 aliphatic heterocycles. The number of aromatic nitrogens is 1. The Kier molecular flexibility index (Phi) is 7.25. The van der Waals surface area contributed by atoms with Gasteiger partial charge in [0, 0.05) is 23.5 Å². The summed E-state index contributed by atoms with van der Waals surface area (Å²) in [5.74, 6) is -4.68. The Balaban J connectivity index is 1.83. The van der Waals surface area contributed by atoms with Crippen LogP contribution in [0.25, 0.3) is 0 Å². The van der Waals surface area contributed by atoms with Crippen molar-refractivity contribution in [2.24, 2.45) is 0 Å². The van der Waals surface area contributed by atoms with E-state index in [-0.39, 0.29) is 27.9 Å². The Labute approximate surface area is 211 Å². The molecule has 2 heterocycles. The third-order valence-corrected chi connectivity index (χ3v) is 5.74. The fourth-order valence-electron chi connectivity index (χ4n) is 4.25. The number of pyridine rings is 1. The van der Waals surface area contributed by atoms with Gasteiger partial charge in [0.25, 0.3) is 5.91 Å². The van der Waals surface area contributed by atoms with Crippen LogP contribution in [0.15, 0.2) is 60.8 Å². The van der Waals surface area contributed by atoms with Crippen molar-refractivity contribution in [1.82, 2.24) is 9.88 Å². The summed E-state index contributed by atoms with van der Waals surface area (Å²) in [7, 11) is 0. The summed E-state index contributed by atoms with van der Waals surface area (Å²) in [5.41, 5.74) is -0.487. The van der Waals surface area contributed by atoms with Crippen LogP contribution in [0.3, 0.4) is 0 Å². The first-order valence-corrected chi connectivity index (χ1v) is 10.9. The number of ether oxygens (including phenoxy) is 1. The van der Waals surface area contributed by atoms with Gasteiger partial charge in [0.05, 0.1) is 17.5 Å². The van der Waals surface area contributed by atoms with Gasteiger partial charge in [-0.05, 0) is 35.4 Å². The molecule has 0 fully saturated rings. The van der Waals surface area contributed by atoms with Crippen LogP contribution in [0, 0.1) is 17.1 Å². The number of carbonyl (C=O) groups is 2. The van der Waals surface area contributed by atoms with Crippen molar-refractivity contribution in [2.45, 2.75) is 24.7 Å². The predicted octanol–water partition coefficient (Wildman–Crippen LogP) is 5.18. The van der Waals surface area contributed by atoms with Crippen LogP contribution in [0.5, 0.6) is 5.88 Å². The number of nitrogens with one attached hydrogen (secondary N) is 1. The van der Waals surface area contributed by atoms with Crippen molar-refractivity contribution in [1.29, 1.82) is 5.26 Å². The zero-order chi connectivity index (χ0) is 27.6. The Morgan fingerprint density at radius 2 is 1.89 bits per heavy atom. The monoisotopic (exact) mass is 534 g/mol. The van der Waals surface area contributed by atoms with Gasteiger partial charge in [-0.3, -0.25) is 9.59 Å². The number of carbonyl (C=O) groups excluding carboxylic acids is 2. The number of amides is 2. The van der Waals surface area contributed by atoms with Gasteiger partial charge in [0.15, 0.2) is 0 Å². The molecule has 2 aromatic carbocycles. The fraction of sp³-hybridized carbons (Fsp3) is 0.200. The van der Waals surface area contributed by atoms with Crippen LogP contribution < -0.4 is 10.1 Å². The summed E-state index contributed by atoms with van der Waals surface area (Å²) in [6.45, 7) is -4.93. The number of nitrogens with zero attached hydrogens (tertiary/aromatic N) is 3. The molecular formula is C25H16F6N4O3. The average molecular weight is 534 g/mol. The second-order valence-corrected chi connectivity index (χ2v) is 8.16. The number of halogens is 6. The van der Waals surface area contributed by atoms with Gasteiger partial charge in [0.2, 0.25) is 11.8 Å². The predicted molar refractivity (Wildman–Crippen MR) is 120 cm³/mol. The number of nitriles is 1. The maximum Gasteiger partial charge on any atom is 0.406 e. The normalized spacial score (nSPS) is 17.1. The number of hydrogen-bond acceptors (Lipinski definition) is 5. The molecule has 0 saturated carbocycles. The maximum atomic E-state index is 13.8. The number of alkyl halides is 5. The first-order valence-electron chi connectivity index (χ1n) is 10.9. The van der Waals surface area contributed by atoms with E-state index in [9.17, 15) is 35.9 Å². The lowest BCUT2D eigenvalue weighted by Crippen LogP contribution is -2.49. The molecule has 2 amide bonds. The van der Waals surface area contributed by atoms with E-state index < -0.39 is 54.8 Å². The summed E-state index contributed by atoms with van der Waals surface area (Å²) in [4.78, 5) is 30.9. The lowest BCUT2D eigenvalue weighted by Gasteiger charge is -2.41. The number of rotatable bonds is 6. The average Bonchev–Trinajstić information content (AvgIpc) is 2.86. The molecule has 3 aromatic rings. The highest BCUT2D eigenvalue weighted by Gasteiger charge is 2.48. The van der Waals surface area contributed by atoms with Gasteiger partial charge in [-0.1, -0.05) is 24.3 Å². The summed E-state index contributed by atoms with van der Waals surface area (Å²) >= 11 is 0. The van der Waals surface area contributed by atoms with Crippen molar-refractivity contribution in [3.05, 3.63) is 88.9 Å². The topological polar surface area (TPSA) is 95.3 Å². The Bertz CT molecular complexity index is 1410. The molecule has 2 unspecified atom stereocenters. The molecule has 0 spiro atoms. The molecule has 196 valence electrons. The number of anilines is 1. The third kappa shape index (κ3) is 5.54. The summed E-state index contributed by atoms with van der Waals surface area (Å²) in [5, 5.41) is 11.5. The SMILES string of the molecule is N#Cc1cc(NC(=O)C2c3ccccc3C(=O)N(CC(F)(F)F)C2c2ccc(OC(F)F)nc2)ccc1F. The van der Waals surface area contributed by atoms with E-state index in [1.165, 1.54) is 24.3 Å². The molecule has 0 bridgehead atoms. The first-order chi connectivity index (χ1) is 18.0. The molecule has 2 atom stereocenters. The molecule has 38 heavy (non-hydrogen) atoms. The minimum atomic E-state index is -4.86. The standard InChI is InChI=1S/C25H16F6N4O3/c26-18-7-6-15(9-14(18)10-32)34-22(36)20-16-3-1-2-4-17(16)23(37)35(12-25(29,30)31)21(20)13-5-8-19(33-11-13)38-24(27)28/h1-9,11,20-21,24H,12H2,(H,34,36). The molecule has 1 aromatic heterocycles. The van der Waals surface area contributed by atoms with Gasteiger partial charge in [-0.25, -0.2) is 9.37 Å². The molecule has 1 N–H and O–H groups in total. The fourth-order valence-corrected chi connectivity index (χ4v) is 4.25. The molecule has 7 nitrogen and oxygen atoms in total. The van der Waals surface area contributed by atoms with Crippen LogP contribution in [0.2, 0.25) is 0 Å². The molecule has 1 aliphatic rings.